The zero-order valence-electron chi connectivity index (χ0n) is 10.8. The fourth-order valence-electron chi connectivity index (χ4n) is 2.57. The summed E-state index contributed by atoms with van der Waals surface area (Å²) in [5, 5.41) is 9.06. The Bertz CT molecular complexity index is 295. The highest BCUT2D eigenvalue weighted by Gasteiger charge is 2.29. The molecule has 5 heteroatoms. The topological polar surface area (TPSA) is 57.6 Å². The minimum Gasteiger partial charge on any atom is -0.395 e. The molecule has 1 N–H and O–H groups in total. The van der Waals surface area contributed by atoms with Gasteiger partial charge in [0.15, 0.2) is 0 Å². The molecular weight excluding hydrogens is 238 g/mol. The molecule has 0 heterocycles. The first-order valence-electron chi connectivity index (χ1n) is 6.72. The van der Waals surface area contributed by atoms with E-state index in [0.29, 0.717) is 6.42 Å². The molecule has 0 aromatic rings. The molecule has 1 fully saturated rings. The van der Waals surface area contributed by atoms with Crippen LogP contribution in [-0.4, -0.2) is 42.8 Å². The zero-order chi connectivity index (χ0) is 12.7. The first-order chi connectivity index (χ1) is 8.11. The Kier molecular flexibility index (Phi) is 6.44. The summed E-state index contributed by atoms with van der Waals surface area (Å²) in [7, 11) is -3.18. The van der Waals surface area contributed by atoms with E-state index in [-0.39, 0.29) is 24.9 Å². The molecule has 1 rings (SSSR count). The maximum Gasteiger partial charge on any atom is 0.214 e. The van der Waals surface area contributed by atoms with Gasteiger partial charge in [-0.2, -0.15) is 4.31 Å². The third-order valence-electron chi connectivity index (χ3n) is 3.37. The van der Waals surface area contributed by atoms with Gasteiger partial charge in [0.2, 0.25) is 10.0 Å². The average Bonchev–Trinajstić information content (AvgIpc) is 2.54. The van der Waals surface area contributed by atoms with Gasteiger partial charge >= 0.3 is 0 Å². The Morgan fingerprint density at radius 2 is 1.76 bits per heavy atom. The summed E-state index contributed by atoms with van der Waals surface area (Å²) in [5.41, 5.74) is 0. The van der Waals surface area contributed by atoms with Crippen molar-refractivity contribution in [2.24, 2.45) is 0 Å². The van der Waals surface area contributed by atoms with Gasteiger partial charge in [0.05, 0.1) is 12.4 Å². The Balaban J connectivity index is 2.75. The van der Waals surface area contributed by atoms with Gasteiger partial charge in [0, 0.05) is 12.6 Å². The number of aliphatic hydroxyl groups is 1. The van der Waals surface area contributed by atoms with E-state index in [2.05, 4.69) is 0 Å². The molecule has 0 aromatic carbocycles. The Labute approximate surface area is 105 Å². The minimum absolute atomic E-state index is 0.0839. The summed E-state index contributed by atoms with van der Waals surface area (Å²) in [6, 6.07) is 0.112. The number of aliphatic hydroxyl groups excluding tert-OH is 1. The van der Waals surface area contributed by atoms with Crippen molar-refractivity contribution in [1.82, 2.24) is 4.31 Å². The summed E-state index contributed by atoms with van der Waals surface area (Å²) in [6.45, 7) is 2.05. The van der Waals surface area contributed by atoms with Gasteiger partial charge in [-0.3, -0.25) is 0 Å². The van der Waals surface area contributed by atoms with Crippen LogP contribution in [0.5, 0.6) is 0 Å². The third-order valence-corrected chi connectivity index (χ3v) is 5.49. The second-order valence-electron chi connectivity index (χ2n) is 4.80. The molecule has 1 saturated carbocycles. The summed E-state index contributed by atoms with van der Waals surface area (Å²) < 4.78 is 25.9. The minimum atomic E-state index is -3.18. The van der Waals surface area contributed by atoms with E-state index in [1.165, 1.54) is 12.8 Å². The molecule has 102 valence electrons. The molecule has 1 aliphatic rings. The van der Waals surface area contributed by atoms with E-state index in [4.69, 9.17) is 5.11 Å². The van der Waals surface area contributed by atoms with E-state index in [9.17, 15) is 8.42 Å². The van der Waals surface area contributed by atoms with Crippen LogP contribution in [-0.2, 0) is 10.0 Å². The number of nitrogens with zero attached hydrogens (tertiary/aromatic N) is 1. The van der Waals surface area contributed by atoms with Gasteiger partial charge < -0.3 is 5.11 Å². The molecule has 0 saturated heterocycles. The normalized spacial score (nSPS) is 19.5. The predicted molar refractivity (Wildman–Crippen MR) is 69.4 cm³/mol. The van der Waals surface area contributed by atoms with Crippen molar-refractivity contribution >= 4 is 10.0 Å². The summed E-state index contributed by atoms with van der Waals surface area (Å²) in [5.74, 6) is 0.198. The lowest BCUT2D eigenvalue weighted by atomic mass is 10.1. The lowest BCUT2D eigenvalue weighted by Gasteiger charge is -2.29. The van der Waals surface area contributed by atoms with Crippen LogP contribution < -0.4 is 0 Å². The highest BCUT2D eigenvalue weighted by molar-refractivity contribution is 7.89. The van der Waals surface area contributed by atoms with Crippen molar-refractivity contribution in [3.05, 3.63) is 0 Å². The van der Waals surface area contributed by atoms with Gasteiger partial charge in [-0.15, -0.1) is 0 Å². The molecular formula is C12H25NO3S. The second kappa shape index (κ2) is 7.34. The lowest BCUT2D eigenvalue weighted by Crippen LogP contribution is -2.43. The number of hydrogen-bond acceptors (Lipinski definition) is 3. The molecule has 0 amide bonds. The fraction of sp³-hybridized carbons (Fsp3) is 1.00. The molecule has 0 aromatic heterocycles. The molecule has 4 nitrogen and oxygen atoms in total. The van der Waals surface area contributed by atoms with Crippen LogP contribution in [0.15, 0.2) is 0 Å². The SMILES string of the molecule is CCCS(=O)(=O)N(CCO)C1CCCCCC1. The predicted octanol–water partition coefficient (Wildman–Crippen LogP) is 1.74. The molecule has 0 atom stereocenters. The van der Waals surface area contributed by atoms with Crippen molar-refractivity contribution in [3.63, 3.8) is 0 Å². The largest absolute Gasteiger partial charge is 0.395 e. The molecule has 0 unspecified atom stereocenters. The van der Waals surface area contributed by atoms with Gasteiger partial charge in [0.1, 0.15) is 0 Å². The molecule has 0 bridgehead atoms. The Hall–Kier alpha value is -0.130. The smallest absolute Gasteiger partial charge is 0.214 e. The van der Waals surface area contributed by atoms with E-state index in [1.54, 1.807) is 4.31 Å². The van der Waals surface area contributed by atoms with Gasteiger partial charge in [0.25, 0.3) is 0 Å². The third kappa shape index (κ3) is 4.56. The first kappa shape index (κ1) is 14.9. The van der Waals surface area contributed by atoms with Crippen LogP contribution in [0.1, 0.15) is 51.9 Å². The Morgan fingerprint density at radius 3 is 2.24 bits per heavy atom. The lowest BCUT2D eigenvalue weighted by molar-refractivity contribution is 0.215. The van der Waals surface area contributed by atoms with Gasteiger partial charge in [-0.25, -0.2) is 8.42 Å². The van der Waals surface area contributed by atoms with Crippen molar-refractivity contribution in [2.45, 2.75) is 57.9 Å². The molecule has 1 aliphatic carbocycles. The fourth-order valence-corrected chi connectivity index (χ4v) is 4.34. The first-order valence-corrected chi connectivity index (χ1v) is 8.33. The van der Waals surface area contributed by atoms with Gasteiger partial charge in [-0.1, -0.05) is 32.6 Å². The van der Waals surface area contributed by atoms with Gasteiger partial charge in [-0.05, 0) is 19.3 Å². The molecule has 17 heavy (non-hydrogen) atoms. The van der Waals surface area contributed by atoms with E-state index in [0.717, 1.165) is 25.7 Å². The molecule has 0 spiro atoms. The van der Waals surface area contributed by atoms with Crippen molar-refractivity contribution in [2.75, 3.05) is 18.9 Å². The molecule has 0 radical (unpaired) electrons. The van der Waals surface area contributed by atoms with Crippen LogP contribution >= 0.6 is 0 Å². The van der Waals surface area contributed by atoms with E-state index in [1.807, 2.05) is 6.92 Å². The van der Waals surface area contributed by atoms with Crippen LogP contribution in [0, 0.1) is 0 Å². The maximum absolute atomic E-state index is 12.1. The summed E-state index contributed by atoms with van der Waals surface area (Å²) >= 11 is 0. The average molecular weight is 263 g/mol. The standard InChI is InChI=1S/C12H25NO3S/c1-2-11-17(15,16)13(9-10-14)12-7-5-3-4-6-8-12/h12,14H,2-11H2,1H3. The summed E-state index contributed by atoms with van der Waals surface area (Å²) in [6.07, 6.45) is 7.15. The number of sulfonamides is 1. The number of hydrogen-bond donors (Lipinski definition) is 1. The molecule has 0 aliphatic heterocycles. The second-order valence-corrected chi connectivity index (χ2v) is 6.84. The number of rotatable bonds is 6. The van der Waals surface area contributed by atoms with Crippen molar-refractivity contribution < 1.29 is 13.5 Å². The van der Waals surface area contributed by atoms with Crippen LogP contribution in [0.3, 0.4) is 0 Å². The van der Waals surface area contributed by atoms with Crippen molar-refractivity contribution in [1.29, 1.82) is 0 Å². The van der Waals surface area contributed by atoms with Crippen LogP contribution in [0.2, 0.25) is 0 Å². The maximum atomic E-state index is 12.1. The van der Waals surface area contributed by atoms with E-state index >= 15 is 0 Å². The highest BCUT2D eigenvalue weighted by atomic mass is 32.2. The van der Waals surface area contributed by atoms with E-state index < -0.39 is 10.0 Å². The quantitative estimate of drug-likeness (QED) is 0.743. The zero-order valence-corrected chi connectivity index (χ0v) is 11.6. The monoisotopic (exact) mass is 263 g/mol. The summed E-state index contributed by atoms with van der Waals surface area (Å²) in [4.78, 5) is 0. The van der Waals surface area contributed by atoms with Crippen LogP contribution in [0.4, 0.5) is 0 Å². The van der Waals surface area contributed by atoms with Crippen LogP contribution in [0.25, 0.3) is 0 Å². The van der Waals surface area contributed by atoms with Crippen molar-refractivity contribution in [3.8, 4) is 0 Å². The highest BCUT2D eigenvalue weighted by Crippen LogP contribution is 2.24. The Morgan fingerprint density at radius 1 is 1.18 bits per heavy atom.